The summed E-state index contributed by atoms with van der Waals surface area (Å²) in [6.07, 6.45) is 1.40. The summed E-state index contributed by atoms with van der Waals surface area (Å²) in [5.74, 6) is 0.0707. The SMILES string of the molecule is O=C(NCc1ccc(N2CCOCC2)cc1)C1CCN(C(=O)c2ccc(Br)cc2)CC1. The number of rotatable bonds is 5. The molecule has 0 unspecified atom stereocenters. The van der Waals surface area contributed by atoms with E-state index < -0.39 is 0 Å². The third-order valence-corrected chi connectivity index (χ3v) is 6.55. The monoisotopic (exact) mass is 485 g/mol. The molecule has 4 rings (SSSR count). The summed E-state index contributed by atoms with van der Waals surface area (Å²) in [6.45, 7) is 5.12. The highest BCUT2D eigenvalue weighted by atomic mass is 79.9. The van der Waals surface area contributed by atoms with Gasteiger partial charge in [-0.3, -0.25) is 9.59 Å². The van der Waals surface area contributed by atoms with E-state index in [1.807, 2.05) is 29.2 Å². The molecular formula is C24H28BrN3O3. The van der Waals surface area contributed by atoms with Gasteiger partial charge in [-0.25, -0.2) is 0 Å². The second kappa shape index (κ2) is 10.3. The van der Waals surface area contributed by atoms with Crippen LogP contribution in [0.15, 0.2) is 53.0 Å². The Hall–Kier alpha value is -2.38. The van der Waals surface area contributed by atoms with Gasteiger partial charge in [-0.05, 0) is 54.8 Å². The van der Waals surface area contributed by atoms with Crippen LogP contribution in [0.25, 0.3) is 0 Å². The molecule has 7 heteroatoms. The fourth-order valence-corrected chi connectivity index (χ4v) is 4.36. The summed E-state index contributed by atoms with van der Waals surface area (Å²) < 4.78 is 6.36. The van der Waals surface area contributed by atoms with Gasteiger partial charge < -0.3 is 19.9 Å². The van der Waals surface area contributed by atoms with E-state index in [1.165, 1.54) is 5.69 Å². The Bertz CT molecular complexity index is 887. The van der Waals surface area contributed by atoms with Crippen LogP contribution in [0.3, 0.4) is 0 Å². The second-order valence-corrected chi connectivity index (χ2v) is 8.97. The van der Waals surface area contributed by atoms with Crippen LogP contribution < -0.4 is 10.2 Å². The normalized spacial score (nSPS) is 17.5. The smallest absolute Gasteiger partial charge is 0.253 e. The van der Waals surface area contributed by atoms with Gasteiger partial charge in [0.15, 0.2) is 0 Å². The van der Waals surface area contributed by atoms with Crippen molar-refractivity contribution in [2.75, 3.05) is 44.3 Å². The predicted octanol–water partition coefficient (Wildman–Crippen LogP) is 3.45. The van der Waals surface area contributed by atoms with Crippen molar-refractivity contribution in [3.63, 3.8) is 0 Å². The lowest BCUT2D eigenvalue weighted by atomic mass is 9.95. The zero-order valence-corrected chi connectivity index (χ0v) is 19.1. The minimum atomic E-state index is -0.0402. The van der Waals surface area contributed by atoms with E-state index in [1.54, 1.807) is 0 Å². The highest BCUT2D eigenvalue weighted by Gasteiger charge is 2.27. The molecule has 2 aliphatic heterocycles. The molecule has 1 N–H and O–H groups in total. The van der Waals surface area contributed by atoms with E-state index in [2.05, 4.69) is 50.4 Å². The first-order valence-corrected chi connectivity index (χ1v) is 11.6. The van der Waals surface area contributed by atoms with E-state index in [0.717, 1.165) is 36.3 Å². The number of nitrogens with zero attached hydrogens (tertiary/aromatic N) is 2. The number of carbonyl (C=O) groups is 2. The van der Waals surface area contributed by atoms with Crippen molar-refractivity contribution >= 4 is 33.4 Å². The number of likely N-dealkylation sites (tertiary alicyclic amines) is 1. The number of nitrogens with one attached hydrogen (secondary N) is 1. The van der Waals surface area contributed by atoms with Crippen molar-refractivity contribution in [2.24, 2.45) is 5.92 Å². The van der Waals surface area contributed by atoms with E-state index in [9.17, 15) is 9.59 Å². The molecule has 0 saturated carbocycles. The van der Waals surface area contributed by atoms with Crippen LogP contribution in [0.1, 0.15) is 28.8 Å². The number of carbonyl (C=O) groups excluding carboxylic acids is 2. The Kier molecular flexibility index (Phi) is 7.25. The number of hydrogen-bond donors (Lipinski definition) is 1. The lowest BCUT2D eigenvalue weighted by Gasteiger charge is -2.31. The largest absolute Gasteiger partial charge is 0.378 e. The molecule has 2 aromatic rings. The molecule has 0 bridgehead atoms. The van der Waals surface area contributed by atoms with Gasteiger partial charge in [0, 0.05) is 54.4 Å². The molecule has 0 radical (unpaired) electrons. The van der Waals surface area contributed by atoms with E-state index in [0.29, 0.717) is 38.0 Å². The molecule has 2 saturated heterocycles. The molecule has 2 heterocycles. The maximum Gasteiger partial charge on any atom is 0.253 e. The van der Waals surface area contributed by atoms with Gasteiger partial charge in [-0.1, -0.05) is 28.1 Å². The Morgan fingerprint density at radius 2 is 1.58 bits per heavy atom. The highest BCUT2D eigenvalue weighted by Crippen LogP contribution is 2.21. The molecule has 0 aromatic heterocycles. The molecule has 2 aromatic carbocycles. The maximum atomic E-state index is 12.6. The number of benzene rings is 2. The number of ether oxygens (including phenoxy) is 1. The summed E-state index contributed by atoms with van der Waals surface area (Å²) in [6, 6.07) is 15.8. The molecule has 164 valence electrons. The van der Waals surface area contributed by atoms with Crippen molar-refractivity contribution in [3.8, 4) is 0 Å². The zero-order valence-electron chi connectivity index (χ0n) is 17.6. The first-order chi connectivity index (χ1) is 15.1. The number of hydrogen-bond acceptors (Lipinski definition) is 4. The first-order valence-electron chi connectivity index (χ1n) is 10.8. The van der Waals surface area contributed by atoms with Gasteiger partial charge in [0.05, 0.1) is 13.2 Å². The summed E-state index contributed by atoms with van der Waals surface area (Å²) in [4.78, 5) is 29.4. The number of halogens is 1. The number of piperidine rings is 1. The predicted molar refractivity (Wildman–Crippen MR) is 124 cm³/mol. The molecule has 0 atom stereocenters. The molecule has 0 spiro atoms. The van der Waals surface area contributed by atoms with Crippen molar-refractivity contribution in [3.05, 3.63) is 64.1 Å². The van der Waals surface area contributed by atoms with Crippen molar-refractivity contribution < 1.29 is 14.3 Å². The molecule has 2 aliphatic rings. The second-order valence-electron chi connectivity index (χ2n) is 8.06. The molecule has 6 nitrogen and oxygen atoms in total. The van der Waals surface area contributed by atoms with Crippen molar-refractivity contribution in [2.45, 2.75) is 19.4 Å². The van der Waals surface area contributed by atoms with Gasteiger partial charge in [-0.15, -0.1) is 0 Å². The highest BCUT2D eigenvalue weighted by molar-refractivity contribution is 9.10. The quantitative estimate of drug-likeness (QED) is 0.704. The van der Waals surface area contributed by atoms with E-state index >= 15 is 0 Å². The summed E-state index contributed by atoms with van der Waals surface area (Å²) in [5, 5.41) is 3.07. The topological polar surface area (TPSA) is 61.9 Å². The Morgan fingerprint density at radius 3 is 2.23 bits per heavy atom. The van der Waals surface area contributed by atoms with Gasteiger partial charge in [0.1, 0.15) is 0 Å². The summed E-state index contributed by atoms with van der Waals surface area (Å²) in [7, 11) is 0. The number of morpholine rings is 1. The number of anilines is 1. The zero-order chi connectivity index (χ0) is 21.6. The van der Waals surface area contributed by atoms with Crippen molar-refractivity contribution in [1.82, 2.24) is 10.2 Å². The Labute approximate surface area is 191 Å². The molecular weight excluding hydrogens is 458 g/mol. The van der Waals surface area contributed by atoms with Crippen molar-refractivity contribution in [1.29, 1.82) is 0 Å². The lowest BCUT2D eigenvalue weighted by molar-refractivity contribution is -0.126. The van der Waals surface area contributed by atoms with E-state index in [-0.39, 0.29) is 17.7 Å². The fraction of sp³-hybridized carbons (Fsp3) is 0.417. The van der Waals surface area contributed by atoms with Gasteiger partial charge in [-0.2, -0.15) is 0 Å². The average Bonchev–Trinajstić information content (AvgIpc) is 2.83. The van der Waals surface area contributed by atoms with Crippen LogP contribution in [0.4, 0.5) is 5.69 Å². The minimum Gasteiger partial charge on any atom is -0.378 e. The van der Waals surface area contributed by atoms with Gasteiger partial charge >= 0.3 is 0 Å². The minimum absolute atomic E-state index is 0.0340. The average molecular weight is 486 g/mol. The Morgan fingerprint density at radius 1 is 0.935 bits per heavy atom. The fourth-order valence-electron chi connectivity index (χ4n) is 4.10. The third-order valence-electron chi connectivity index (χ3n) is 6.02. The third kappa shape index (κ3) is 5.66. The first kappa shape index (κ1) is 21.8. The molecule has 2 fully saturated rings. The molecule has 31 heavy (non-hydrogen) atoms. The van der Waals surface area contributed by atoms with Crippen LogP contribution in [0.5, 0.6) is 0 Å². The van der Waals surface area contributed by atoms with Gasteiger partial charge in [0.2, 0.25) is 5.91 Å². The van der Waals surface area contributed by atoms with Crippen LogP contribution in [0, 0.1) is 5.92 Å². The van der Waals surface area contributed by atoms with Crippen LogP contribution in [0.2, 0.25) is 0 Å². The number of amides is 2. The summed E-state index contributed by atoms with van der Waals surface area (Å²) >= 11 is 3.39. The van der Waals surface area contributed by atoms with Gasteiger partial charge in [0.25, 0.3) is 5.91 Å². The lowest BCUT2D eigenvalue weighted by Crippen LogP contribution is -2.42. The maximum absolute atomic E-state index is 12.6. The standard InChI is InChI=1S/C24H28BrN3O3/c25-21-5-3-20(4-6-21)24(30)28-11-9-19(10-12-28)23(29)26-17-18-1-7-22(8-2-18)27-13-15-31-16-14-27/h1-8,19H,9-17H2,(H,26,29). The van der Waals surface area contributed by atoms with Crippen LogP contribution >= 0.6 is 15.9 Å². The van der Waals surface area contributed by atoms with E-state index in [4.69, 9.17) is 4.74 Å². The van der Waals surface area contributed by atoms with Crippen LogP contribution in [-0.4, -0.2) is 56.1 Å². The summed E-state index contributed by atoms with van der Waals surface area (Å²) in [5.41, 5.74) is 2.97. The Balaban J connectivity index is 1.23. The van der Waals surface area contributed by atoms with Crippen LogP contribution in [-0.2, 0) is 16.1 Å². The molecule has 2 amide bonds. The molecule has 0 aliphatic carbocycles.